The van der Waals surface area contributed by atoms with Gasteiger partial charge in [-0.3, -0.25) is 4.79 Å². The molecule has 0 saturated carbocycles. The number of carbonyl (C=O) groups is 1. The monoisotopic (exact) mass is 225 g/mol. The van der Waals surface area contributed by atoms with E-state index in [1.165, 1.54) is 11.1 Å². The van der Waals surface area contributed by atoms with E-state index < -0.39 is 0 Å². The summed E-state index contributed by atoms with van der Waals surface area (Å²) >= 11 is 5.42. The van der Waals surface area contributed by atoms with Crippen molar-refractivity contribution in [2.24, 2.45) is 0 Å². The zero-order valence-corrected chi connectivity index (χ0v) is 9.84. The molecular formula is C12H16ClNO. The molecule has 1 aromatic carbocycles. The maximum absolute atomic E-state index is 11.1. The van der Waals surface area contributed by atoms with Crippen molar-refractivity contribution in [2.75, 3.05) is 5.88 Å². The third-order valence-electron chi connectivity index (χ3n) is 2.32. The SMILES string of the molecule is Cc1ccccc1C[C@H](C)NC(=O)CCl. The second-order valence-electron chi connectivity index (χ2n) is 3.73. The first-order chi connectivity index (χ1) is 7.13. The number of nitrogens with one attached hydrogen (secondary N) is 1. The van der Waals surface area contributed by atoms with E-state index in [0.717, 1.165) is 6.42 Å². The molecule has 1 atom stereocenters. The lowest BCUT2D eigenvalue weighted by Crippen LogP contribution is -2.34. The fraction of sp³-hybridized carbons (Fsp3) is 0.417. The topological polar surface area (TPSA) is 29.1 Å². The van der Waals surface area contributed by atoms with Gasteiger partial charge in [0, 0.05) is 6.04 Å². The maximum Gasteiger partial charge on any atom is 0.235 e. The molecule has 0 aliphatic heterocycles. The molecule has 0 aromatic heterocycles. The number of benzene rings is 1. The van der Waals surface area contributed by atoms with Crippen molar-refractivity contribution in [1.29, 1.82) is 0 Å². The van der Waals surface area contributed by atoms with Crippen molar-refractivity contribution in [3.63, 3.8) is 0 Å². The highest BCUT2D eigenvalue weighted by molar-refractivity contribution is 6.27. The van der Waals surface area contributed by atoms with Gasteiger partial charge in [0.05, 0.1) is 0 Å². The van der Waals surface area contributed by atoms with Gasteiger partial charge < -0.3 is 5.32 Å². The molecule has 3 heteroatoms. The standard InChI is InChI=1S/C12H16ClNO/c1-9-5-3-4-6-11(9)7-10(2)14-12(15)8-13/h3-6,10H,7-8H2,1-2H3,(H,14,15)/t10-/m0/s1. The van der Waals surface area contributed by atoms with Crippen LogP contribution in [0.3, 0.4) is 0 Å². The van der Waals surface area contributed by atoms with Crippen LogP contribution in [0.15, 0.2) is 24.3 Å². The number of alkyl halides is 1. The Hall–Kier alpha value is -1.02. The average molecular weight is 226 g/mol. The molecule has 0 radical (unpaired) electrons. The Labute approximate surface area is 95.6 Å². The van der Waals surface area contributed by atoms with Crippen LogP contribution in [0.4, 0.5) is 0 Å². The Kier molecular flexibility index (Phi) is 4.63. The summed E-state index contributed by atoms with van der Waals surface area (Å²) in [4.78, 5) is 11.1. The second kappa shape index (κ2) is 5.76. The van der Waals surface area contributed by atoms with Crippen LogP contribution >= 0.6 is 11.6 Å². The lowest BCUT2D eigenvalue weighted by molar-refractivity contribution is -0.119. The minimum Gasteiger partial charge on any atom is -0.352 e. The number of hydrogen-bond donors (Lipinski definition) is 1. The van der Waals surface area contributed by atoms with Crippen molar-refractivity contribution in [2.45, 2.75) is 26.3 Å². The molecule has 0 unspecified atom stereocenters. The molecule has 0 spiro atoms. The van der Waals surface area contributed by atoms with Gasteiger partial charge in [-0.05, 0) is 31.4 Å². The normalized spacial score (nSPS) is 12.2. The van der Waals surface area contributed by atoms with E-state index in [0.29, 0.717) is 0 Å². The van der Waals surface area contributed by atoms with E-state index in [1.54, 1.807) is 0 Å². The molecule has 0 bridgehead atoms. The first kappa shape index (κ1) is 12.1. The largest absolute Gasteiger partial charge is 0.352 e. The molecule has 0 aliphatic carbocycles. The van der Waals surface area contributed by atoms with E-state index in [-0.39, 0.29) is 17.8 Å². The van der Waals surface area contributed by atoms with Crippen LogP contribution < -0.4 is 5.32 Å². The molecule has 2 nitrogen and oxygen atoms in total. The molecule has 82 valence electrons. The number of amides is 1. The summed E-state index contributed by atoms with van der Waals surface area (Å²) in [7, 11) is 0. The number of aryl methyl sites for hydroxylation is 1. The fourth-order valence-electron chi connectivity index (χ4n) is 1.53. The van der Waals surface area contributed by atoms with E-state index in [1.807, 2.05) is 19.1 Å². The lowest BCUT2D eigenvalue weighted by Gasteiger charge is -2.14. The van der Waals surface area contributed by atoms with Gasteiger partial charge in [-0.15, -0.1) is 11.6 Å². The maximum atomic E-state index is 11.1. The molecular weight excluding hydrogens is 210 g/mol. The molecule has 1 rings (SSSR count). The minimum absolute atomic E-state index is 0.0259. The van der Waals surface area contributed by atoms with Gasteiger partial charge in [0.1, 0.15) is 5.88 Å². The number of carbonyl (C=O) groups excluding carboxylic acids is 1. The van der Waals surface area contributed by atoms with Gasteiger partial charge in [0.2, 0.25) is 5.91 Å². The number of halogens is 1. The summed E-state index contributed by atoms with van der Waals surface area (Å²) < 4.78 is 0. The Morgan fingerprint density at radius 1 is 1.47 bits per heavy atom. The number of rotatable bonds is 4. The van der Waals surface area contributed by atoms with E-state index in [4.69, 9.17) is 11.6 Å². The number of hydrogen-bond acceptors (Lipinski definition) is 1. The van der Waals surface area contributed by atoms with Gasteiger partial charge in [0.25, 0.3) is 0 Å². The van der Waals surface area contributed by atoms with E-state index in [9.17, 15) is 4.79 Å². The zero-order chi connectivity index (χ0) is 11.3. The zero-order valence-electron chi connectivity index (χ0n) is 9.09. The Morgan fingerprint density at radius 3 is 2.73 bits per heavy atom. The van der Waals surface area contributed by atoms with Crippen LogP contribution in [0.25, 0.3) is 0 Å². The van der Waals surface area contributed by atoms with Gasteiger partial charge in [-0.1, -0.05) is 24.3 Å². The van der Waals surface area contributed by atoms with Crippen LogP contribution in [0.1, 0.15) is 18.1 Å². The molecule has 15 heavy (non-hydrogen) atoms. The van der Waals surface area contributed by atoms with Crippen LogP contribution in [-0.4, -0.2) is 17.8 Å². The highest BCUT2D eigenvalue weighted by atomic mass is 35.5. The summed E-state index contributed by atoms with van der Waals surface area (Å²) in [5.74, 6) is -0.0873. The van der Waals surface area contributed by atoms with Crippen molar-refractivity contribution in [3.8, 4) is 0 Å². The van der Waals surface area contributed by atoms with Crippen LogP contribution in [0.5, 0.6) is 0 Å². The smallest absolute Gasteiger partial charge is 0.235 e. The summed E-state index contributed by atoms with van der Waals surface area (Å²) in [6.07, 6.45) is 0.843. The van der Waals surface area contributed by atoms with Crippen molar-refractivity contribution in [3.05, 3.63) is 35.4 Å². The molecule has 0 heterocycles. The average Bonchev–Trinajstić information content (AvgIpc) is 2.21. The second-order valence-corrected chi connectivity index (χ2v) is 4.00. The molecule has 1 amide bonds. The molecule has 1 N–H and O–H groups in total. The Morgan fingerprint density at radius 2 is 2.13 bits per heavy atom. The van der Waals surface area contributed by atoms with Crippen molar-refractivity contribution in [1.82, 2.24) is 5.32 Å². The minimum atomic E-state index is -0.113. The van der Waals surface area contributed by atoms with Crippen LogP contribution in [0, 0.1) is 6.92 Å². The summed E-state index contributed by atoms with van der Waals surface area (Å²) in [5.41, 5.74) is 2.52. The van der Waals surface area contributed by atoms with Gasteiger partial charge in [-0.2, -0.15) is 0 Å². The summed E-state index contributed by atoms with van der Waals surface area (Å²) in [6, 6.07) is 8.31. The third kappa shape index (κ3) is 3.92. The Bertz CT molecular complexity index is 338. The molecule has 0 saturated heterocycles. The van der Waals surface area contributed by atoms with Gasteiger partial charge in [-0.25, -0.2) is 0 Å². The van der Waals surface area contributed by atoms with Crippen LogP contribution in [-0.2, 0) is 11.2 Å². The van der Waals surface area contributed by atoms with Crippen molar-refractivity contribution >= 4 is 17.5 Å². The summed E-state index contributed by atoms with van der Waals surface area (Å²) in [5, 5.41) is 2.83. The highest BCUT2D eigenvalue weighted by Gasteiger charge is 2.07. The molecule has 0 aliphatic rings. The van der Waals surface area contributed by atoms with Crippen molar-refractivity contribution < 1.29 is 4.79 Å². The van der Waals surface area contributed by atoms with Gasteiger partial charge in [0.15, 0.2) is 0 Å². The fourth-order valence-corrected chi connectivity index (χ4v) is 1.61. The van der Waals surface area contributed by atoms with Crippen LogP contribution in [0.2, 0.25) is 0 Å². The quantitative estimate of drug-likeness (QED) is 0.783. The lowest BCUT2D eigenvalue weighted by atomic mass is 10.0. The van der Waals surface area contributed by atoms with E-state index in [2.05, 4.69) is 24.4 Å². The highest BCUT2D eigenvalue weighted by Crippen LogP contribution is 2.09. The molecule has 1 aromatic rings. The third-order valence-corrected chi connectivity index (χ3v) is 2.56. The molecule has 0 fully saturated rings. The Balaban J connectivity index is 2.55. The first-order valence-electron chi connectivity index (χ1n) is 5.03. The predicted molar refractivity (Wildman–Crippen MR) is 63.2 cm³/mol. The van der Waals surface area contributed by atoms with E-state index >= 15 is 0 Å². The first-order valence-corrected chi connectivity index (χ1v) is 5.56. The van der Waals surface area contributed by atoms with Gasteiger partial charge >= 0.3 is 0 Å². The predicted octanol–water partition coefficient (Wildman–Crippen LogP) is 2.28. The summed E-state index contributed by atoms with van der Waals surface area (Å²) in [6.45, 7) is 4.06.